The molecule has 1 saturated heterocycles. The fourth-order valence-electron chi connectivity index (χ4n) is 3.90. The van der Waals surface area contributed by atoms with Crippen LogP contribution in [0.4, 0.5) is 0 Å². The number of rotatable bonds is 1. The Bertz CT molecular complexity index is 250. The Balaban J connectivity index is 1.88. The zero-order valence-electron chi connectivity index (χ0n) is 8.20. The minimum absolute atomic E-state index is 0.443. The van der Waals surface area contributed by atoms with Crippen LogP contribution in [0, 0.1) is 23.7 Å². The number of hydrogen-bond donors (Lipinski definition) is 0. The second kappa shape index (κ2) is 2.49. The van der Waals surface area contributed by atoms with Crippen LogP contribution in [0.15, 0.2) is 0 Å². The first kappa shape index (κ1) is 7.84. The summed E-state index contributed by atoms with van der Waals surface area (Å²) in [5.41, 5.74) is 0. The Morgan fingerprint density at radius 2 is 2.15 bits per heavy atom. The van der Waals surface area contributed by atoms with Crippen LogP contribution >= 0.6 is 0 Å². The van der Waals surface area contributed by atoms with Crippen LogP contribution in [0.3, 0.4) is 0 Å². The number of carbonyl (C=O) groups is 1. The zero-order valence-corrected chi connectivity index (χ0v) is 8.20. The molecule has 13 heavy (non-hydrogen) atoms. The molecule has 0 aromatic heterocycles. The van der Waals surface area contributed by atoms with Gasteiger partial charge in [0.05, 0.1) is 0 Å². The summed E-state index contributed by atoms with van der Waals surface area (Å²) in [5.74, 6) is 3.32. The Kier molecular flexibility index (Phi) is 1.50. The van der Waals surface area contributed by atoms with E-state index in [0.717, 1.165) is 30.8 Å². The van der Waals surface area contributed by atoms with Crippen molar-refractivity contribution in [3.05, 3.63) is 0 Å². The monoisotopic (exact) mass is 179 g/mol. The molecule has 1 heterocycles. The van der Waals surface area contributed by atoms with Crippen molar-refractivity contribution in [2.75, 3.05) is 13.1 Å². The van der Waals surface area contributed by atoms with Gasteiger partial charge in [0.15, 0.2) is 0 Å². The third-order valence-electron chi connectivity index (χ3n) is 4.50. The molecule has 72 valence electrons. The predicted molar refractivity (Wildman–Crippen MR) is 50.1 cm³/mol. The highest BCUT2D eigenvalue weighted by Crippen LogP contribution is 2.55. The van der Waals surface area contributed by atoms with Crippen molar-refractivity contribution >= 4 is 5.91 Å². The molecule has 0 spiro atoms. The summed E-state index contributed by atoms with van der Waals surface area (Å²) < 4.78 is 0. The third-order valence-corrected chi connectivity index (χ3v) is 4.50. The molecule has 2 bridgehead atoms. The number of likely N-dealkylation sites (tertiary alicyclic amines) is 1. The summed E-state index contributed by atoms with van der Waals surface area (Å²) in [6, 6.07) is 0. The first-order valence-electron chi connectivity index (χ1n) is 5.60. The number of hydrogen-bond acceptors (Lipinski definition) is 1. The van der Waals surface area contributed by atoms with Crippen LogP contribution in [0.1, 0.15) is 26.2 Å². The quantitative estimate of drug-likeness (QED) is 0.597. The second-order valence-corrected chi connectivity index (χ2v) is 4.90. The molecular formula is C11H17NO. The van der Waals surface area contributed by atoms with Gasteiger partial charge < -0.3 is 4.90 Å². The molecule has 0 N–H and O–H groups in total. The van der Waals surface area contributed by atoms with Gasteiger partial charge in [0.1, 0.15) is 0 Å². The average Bonchev–Trinajstić information content (AvgIpc) is 2.76. The minimum atomic E-state index is 0.443. The van der Waals surface area contributed by atoms with Gasteiger partial charge in [-0.25, -0.2) is 0 Å². The maximum absolute atomic E-state index is 11.9. The van der Waals surface area contributed by atoms with E-state index >= 15 is 0 Å². The number of nitrogens with zero attached hydrogens (tertiary/aromatic N) is 1. The minimum Gasteiger partial charge on any atom is -0.342 e. The first-order valence-corrected chi connectivity index (χ1v) is 5.60. The first-order chi connectivity index (χ1) is 6.31. The van der Waals surface area contributed by atoms with Crippen LogP contribution in [0.5, 0.6) is 0 Å². The Hall–Kier alpha value is -0.530. The Labute approximate surface area is 79.3 Å². The topological polar surface area (TPSA) is 20.3 Å². The van der Waals surface area contributed by atoms with Gasteiger partial charge in [0, 0.05) is 19.0 Å². The van der Waals surface area contributed by atoms with Crippen molar-refractivity contribution in [2.45, 2.75) is 26.2 Å². The van der Waals surface area contributed by atoms with Gasteiger partial charge in [-0.05, 0) is 43.9 Å². The number of carbonyl (C=O) groups excluding carboxylic acids is 1. The molecule has 1 aliphatic heterocycles. The van der Waals surface area contributed by atoms with Crippen LogP contribution in [0.25, 0.3) is 0 Å². The van der Waals surface area contributed by atoms with E-state index in [9.17, 15) is 4.79 Å². The van der Waals surface area contributed by atoms with Crippen molar-refractivity contribution in [1.82, 2.24) is 4.90 Å². The molecule has 2 aliphatic carbocycles. The van der Waals surface area contributed by atoms with E-state index in [0.29, 0.717) is 11.8 Å². The van der Waals surface area contributed by atoms with Crippen LogP contribution in [0.2, 0.25) is 0 Å². The molecule has 3 fully saturated rings. The van der Waals surface area contributed by atoms with Crippen molar-refractivity contribution in [3.63, 3.8) is 0 Å². The molecule has 3 aliphatic rings. The fraction of sp³-hybridized carbons (Fsp3) is 0.909. The predicted octanol–water partition coefficient (Wildman–Crippen LogP) is 1.51. The molecule has 0 aromatic carbocycles. The number of amides is 1. The molecule has 3 rings (SSSR count). The van der Waals surface area contributed by atoms with Gasteiger partial charge in [-0.2, -0.15) is 0 Å². The average molecular weight is 179 g/mol. The third kappa shape index (κ3) is 0.866. The van der Waals surface area contributed by atoms with Gasteiger partial charge >= 0.3 is 0 Å². The second-order valence-electron chi connectivity index (χ2n) is 4.90. The molecule has 2 saturated carbocycles. The Morgan fingerprint density at radius 3 is 2.85 bits per heavy atom. The SMILES string of the molecule is CCN1CC2C3CCC(C3)C2C1=O. The summed E-state index contributed by atoms with van der Waals surface area (Å²) in [7, 11) is 0. The maximum Gasteiger partial charge on any atom is 0.226 e. The zero-order chi connectivity index (χ0) is 9.00. The van der Waals surface area contributed by atoms with Crippen molar-refractivity contribution in [3.8, 4) is 0 Å². The van der Waals surface area contributed by atoms with E-state index in [-0.39, 0.29) is 0 Å². The lowest BCUT2D eigenvalue weighted by Crippen LogP contribution is -2.29. The van der Waals surface area contributed by atoms with Crippen molar-refractivity contribution < 1.29 is 4.79 Å². The molecule has 1 amide bonds. The highest BCUT2D eigenvalue weighted by Gasteiger charge is 2.55. The van der Waals surface area contributed by atoms with Crippen LogP contribution < -0.4 is 0 Å². The molecule has 4 unspecified atom stereocenters. The van der Waals surface area contributed by atoms with Gasteiger partial charge in [-0.3, -0.25) is 4.79 Å². The maximum atomic E-state index is 11.9. The smallest absolute Gasteiger partial charge is 0.226 e. The van der Waals surface area contributed by atoms with E-state index in [1.165, 1.54) is 19.3 Å². The van der Waals surface area contributed by atoms with Gasteiger partial charge in [-0.15, -0.1) is 0 Å². The molecule has 2 heteroatoms. The van der Waals surface area contributed by atoms with Crippen molar-refractivity contribution in [2.24, 2.45) is 23.7 Å². The summed E-state index contributed by atoms with van der Waals surface area (Å²) in [6.07, 6.45) is 4.09. The molecule has 2 nitrogen and oxygen atoms in total. The number of fused-ring (bicyclic) bond motifs is 5. The largest absolute Gasteiger partial charge is 0.342 e. The summed E-state index contributed by atoms with van der Waals surface area (Å²) in [5, 5.41) is 0. The highest BCUT2D eigenvalue weighted by molar-refractivity contribution is 5.82. The van der Waals surface area contributed by atoms with E-state index in [4.69, 9.17) is 0 Å². The van der Waals surface area contributed by atoms with Crippen LogP contribution in [-0.2, 0) is 4.79 Å². The summed E-state index contributed by atoms with van der Waals surface area (Å²) in [4.78, 5) is 14.0. The standard InChI is InChI=1S/C11H17NO/c1-2-12-6-9-7-3-4-8(5-7)10(9)11(12)13/h7-10H,2-6H2,1H3. The fourth-order valence-corrected chi connectivity index (χ4v) is 3.90. The lowest BCUT2D eigenvalue weighted by atomic mass is 9.81. The lowest BCUT2D eigenvalue weighted by Gasteiger charge is -2.20. The normalized spacial score (nSPS) is 47.5. The van der Waals surface area contributed by atoms with Gasteiger partial charge in [0.25, 0.3) is 0 Å². The Morgan fingerprint density at radius 1 is 1.38 bits per heavy atom. The molecule has 0 aromatic rings. The lowest BCUT2D eigenvalue weighted by molar-refractivity contribution is -0.132. The van der Waals surface area contributed by atoms with Gasteiger partial charge in [0.2, 0.25) is 5.91 Å². The highest BCUT2D eigenvalue weighted by atomic mass is 16.2. The molecule has 4 atom stereocenters. The van der Waals surface area contributed by atoms with E-state index in [1.54, 1.807) is 0 Å². The summed E-state index contributed by atoms with van der Waals surface area (Å²) >= 11 is 0. The van der Waals surface area contributed by atoms with Gasteiger partial charge in [-0.1, -0.05) is 0 Å². The van der Waals surface area contributed by atoms with Crippen molar-refractivity contribution in [1.29, 1.82) is 0 Å². The molecule has 0 radical (unpaired) electrons. The molecular weight excluding hydrogens is 162 g/mol. The van der Waals surface area contributed by atoms with Crippen LogP contribution in [-0.4, -0.2) is 23.9 Å². The van der Waals surface area contributed by atoms with E-state index in [1.807, 2.05) is 0 Å². The van der Waals surface area contributed by atoms with E-state index < -0.39 is 0 Å². The van der Waals surface area contributed by atoms with E-state index in [2.05, 4.69) is 11.8 Å². The summed E-state index contributed by atoms with van der Waals surface area (Å²) in [6.45, 7) is 4.09.